The van der Waals surface area contributed by atoms with Crippen molar-refractivity contribution < 1.29 is 32.6 Å². The second kappa shape index (κ2) is 9.16. The van der Waals surface area contributed by atoms with Crippen LogP contribution in [0.3, 0.4) is 0 Å². The minimum atomic E-state index is -2.97. The molecule has 28 heavy (non-hydrogen) atoms. The van der Waals surface area contributed by atoms with E-state index in [1.807, 2.05) is 0 Å². The molecule has 0 saturated heterocycles. The van der Waals surface area contributed by atoms with Crippen LogP contribution >= 0.6 is 0 Å². The molecule has 0 aliphatic heterocycles. The van der Waals surface area contributed by atoms with E-state index in [0.717, 1.165) is 0 Å². The molecule has 0 atom stereocenters. The molecule has 0 spiro atoms. The summed E-state index contributed by atoms with van der Waals surface area (Å²) in [6.07, 6.45) is 2.85. The van der Waals surface area contributed by atoms with Crippen molar-refractivity contribution in [2.75, 3.05) is 13.7 Å². The smallest absolute Gasteiger partial charge is 0.387 e. The van der Waals surface area contributed by atoms with Gasteiger partial charge in [0.2, 0.25) is 0 Å². The number of aryl methyl sites for hydroxylation is 1. The lowest BCUT2D eigenvalue weighted by atomic mass is 10.0. The zero-order valence-corrected chi connectivity index (χ0v) is 16.0. The van der Waals surface area contributed by atoms with E-state index in [1.54, 1.807) is 20.8 Å². The second-order valence-electron chi connectivity index (χ2n) is 5.83. The number of halogens is 2. The number of ether oxygens (including phenoxy) is 3. The molecular formula is C20H21F2NO5. The maximum absolute atomic E-state index is 12.6. The molecule has 0 saturated carbocycles. The Bertz CT molecular complexity index is 902. The van der Waals surface area contributed by atoms with E-state index in [-0.39, 0.29) is 29.6 Å². The molecule has 6 nitrogen and oxygen atoms in total. The van der Waals surface area contributed by atoms with Crippen molar-refractivity contribution >= 4 is 17.8 Å². The van der Waals surface area contributed by atoms with Crippen LogP contribution in [0.1, 0.15) is 44.6 Å². The number of benzene rings is 1. The Morgan fingerprint density at radius 2 is 1.93 bits per heavy atom. The number of alkyl halides is 2. The highest BCUT2D eigenvalue weighted by Gasteiger charge is 2.21. The highest BCUT2D eigenvalue weighted by molar-refractivity contribution is 6.10. The molecule has 1 aromatic carbocycles. The first-order chi connectivity index (χ1) is 13.3. The van der Waals surface area contributed by atoms with E-state index in [2.05, 4.69) is 9.72 Å². The lowest BCUT2D eigenvalue weighted by molar-refractivity contribution is -0.0512. The largest absolute Gasteiger partial charge is 0.493 e. The van der Waals surface area contributed by atoms with Gasteiger partial charge in [0.05, 0.1) is 13.7 Å². The van der Waals surface area contributed by atoms with E-state index < -0.39 is 12.6 Å². The lowest BCUT2D eigenvalue weighted by Crippen LogP contribution is -2.07. The predicted molar refractivity (Wildman–Crippen MR) is 99.2 cm³/mol. The molecule has 0 bridgehead atoms. The Morgan fingerprint density at radius 3 is 2.54 bits per heavy atom. The van der Waals surface area contributed by atoms with Crippen molar-refractivity contribution in [3.8, 4) is 11.5 Å². The lowest BCUT2D eigenvalue weighted by Gasteiger charge is -2.10. The zero-order chi connectivity index (χ0) is 20.8. The van der Waals surface area contributed by atoms with Crippen LogP contribution in [0.4, 0.5) is 8.78 Å². The number of nitrogens with one attached hydrogen (secondary N) is 1. The van der Waals surface area contributed by atoms with Crippen LogP contribution in [0.2, 0.25) is 0 Å². The molecule has 0 aliphatic rings. The van der Waals surface area contributed by atoms with Gasteiger partial charge in [-0.3, -0.25) is 4.79 Å². The highest BCUT2D eigenvalue weighted by atomic mass is 19.3. The van der Waals surface area contributed by atoms with Gasteiger partial charge in [-0.2, -0.15) is 8.78 Å². The van der Waals surface area contributed by atoms with Gasteiger partial charge in [0.25, 0.3) is 0 Å². The maximum atomic E-state index is 12.6. The number of carbonyl (C=O) groups is 2. The molecule has 2 rings (SSSR count). The van der Waals surface area contributed by atoms with Crippen molar-refractivity contribution in [1.29, 1.82) is 0 Å². The van der Waals surface area contributed by atoms with E-state index in [9.17, 15) is 18.4 Å². The summed E-state index contributed by atoms with van der Waals surface area (Å²) in [5, 5.41) is 0. The maximum Gasteiger partial charge on any atom is 0.387 e. The third-order valence-corrected chi connectivity index (χ3v) is 3.99. The van der Waals surface area contributed by atoms with Gasteiger partial charge in [0.15, 0.2) is 17.3 Å². The van der Waals surface area contributed by atoms with E-state index in [1.165, 1.54) is 37.5 Å². The molecule has 150 valence electrons. The van der Waals surface area contributed by atoms with Crippen molar-refractivity contribution in [1.82, 2.24) is 4.98 Å². The van der Waals surface area contributed by atoms with Gasteiger partial charge in [0.1, 0.15) is 5.69 Å². The monoisotopic (exact) mass is 393 g/mol. The minimum Gasteiger partial charge on any atom is -0.493 e. The first-order valence-corrected chi connectivity index (χ1v) is 8.50. The van der Waals surface area contributed by atoms with Gasteiger partial charge in [-0.1, -0.05) is 12.1 Å². The molecule has 2 aromatic rings. The number of allylic oxidation sites excluding steroid dienone is 1. The second-order valence-corrected chi connectivity index (χ2v) is 5.83. The van der Waals surface area contributed by atoms with Crippen molar-refractivity contribution in [2.24, 2.45) is 0 Å². The predicted octanol–water partition coefficient (Wildman–Crippen LogP) is 4.31. The molecule has 0 aliphatic carbocycles. The van der Waals surface area contributed by atoms with Crippen molar-refractivity contribution in [2.45, 2.75) is 27.4 Å². The number of H-pyrrole nitrogens is 1. The van der Waals surface area contributed by atoms with Crippen LogP contribution < -0.4 is 9.47 Å². The van der Waals surface area contributed by atoms with Gasteiger partial charge >= 0.3 is 12.6 Å². The molecular weight excluding hydrogens is 372 g/mol. The number of carbonyl (C=O) groups excluding carboxylic acids is 2. The van der Waals surface area contributed by atoms with Crippen LogP contribution in [-0.4, -0.2) is 37.1 Å². The fraction of sp³-hybridized carbons (Fsp3) is 0.300. The quantitative estimate of drug-likeness (QED) is 0.411. The first-order valence-electron chi connectivity index (χ1n) is 8.50. The van der Waals surface area contributed by atoms with Gasteiger partial charge in [-0.15, -0.1) is 0 Å². The summed E-state index contributed by atoms with van der Waals surface area (Å²) in [7, 11) is 1.33. The number of hydrogen-bond donors (Lipinski definition) is 1. The van der Waals surface area contributed by atoms with Gasteiger partial charge < -0.3 is 19.2 Å². The normalized spacial score (nSPS) is 11.1. The molecule has 1 heterocycles. The minimum absolute atomic E-state index is 0.0996. The van der Waals surface area contributed by atoms with Crippen molar-refractivity contribution in [3.05, 3.63) is 52.4 Å². The average molecular weight is 393 g/mol. The van der Waals surface area contributed by atoms with Gasteiger partial charge in [-0.05, 0) is 50.1 Å². The number of aromatic amines is 1. The average Bonchev–Trinajstić information content (AvgIpc) is 2.94. The Balaban J connectivity index is 2.25. The summed E-state index contributed by atoms with van der Waals surface area (Å²) in [6.45, 7) is 2.31. The molecule has 1 aromatic heterocycles. The first kappa shape index (κ1) is 21.1. The summed E-state index contributed by atoms with van der Waals surface area (Å²) in [5.41, 5.74) is 2.23. The molecule has 0 unspecified atom stereocenters. The Morgan fingerprint density at radius 1 is 1.21 bits per heavy atom. The van der Waals surface area contributed by atoms with E-state index in [0.29, 0.717) is 22.4 Å². The Kier molecular flexibility index (Phi) is 6.92. The summed E-state index contributed by atoms with van der Waals surface area (Å²) in [5.74, 6) is -0.815. The SMILES string of the molecule is CCOC(=O)c1[nH]c(C)c(C(=O)/C=C/c2ccc(OC(F)F)c(OC)c2)c1C. The van der Waals surface area contributed by atoms with Gasteiger partial charge in [-0.25, -0.2) is 4.79 Å². The van der Waals surface area contributed by atoms with Crippen molar-refractivity contribution in [3.63, 3.8) is 0 Å². The standard InChI is InChI=1S/C20H21F2NO5/c1-5-27-19(25)18-11(2)17(12(3)23-18)14(24)8-6-13-7-9-15(28-20(21)22)16(10-13)26-4/h6-10,20,23H,5H2,1-4H3/b8-6+. The number of aromatic nitrogens is 1. The third-order valence-electron chi connectivity index (χ3n) is 3.99. The molecule has 1 N–H and O–H groups in total. The fourth-order valence-corrected chi connectivity index (χ4v) is 2.76. The highest BCUT2D eigenvalue weighted by Crippen LogP contribution is 2.30. The summed E-state index contributed by atoms with van der Waals surface area (Å²) >= 11 is 0. The Hall–Kier alpha value is -3.16. The van der Waals surface area contributed by atoms with Crippen LogP contribution in [0.25, 0.3) is 6.08 Å². The molecule has 0 radical (unpaired) electrons. The van der Waals surface area contributed by atoms with Crippen LogP contribution in [-0.2, 0) is 4.74 Å². The number of ketones is 1. The van der Waals surface area contributed by atoms with Crippen LogP contribution in [0, 0.1) is 13.8 Å². The van der Waals surface area contributed by atoms with E-state index in [4.69, 9.17) is 9.47 Å². The zero-order valence-electron chi connectivity index (χ0n) is 16.0. The van der Waals surface area contributed by atoms with Gasteiger partial charge in [0, 0.05) is 11.3 Å². The van der Waals surface area contributed by atoms with Crippen LogP contribution in [0.5, 0.6) is 11.5 Å². The van der Waals surface area contributed by atoms with Crippen LogP contribution in [0.15, 0.2) is 24.3 Å². The number of esters is 1. The summed E-state index contributed by atoms with van der Waals surface area (Å²) < 4.78 is 39.2. The molecule has 8 heteroatoms. The third kappa shape index (κ3) is 4.76. The summed E-state index contributed by atoms with van der Waals surface area (Å²) in [6, 6.07) is 4.33. The topological polar surface area (TPSA) is 77.6 Å². The number of rotatable bonds is 8. The number of hydrogen-bond acceptors (Lipinski definition) is 5. The summed E-state index contributed by atoms with van der Waals surface area (Å²) in [4.78, 5) is 27.4. The molecule has 0 amide bonds. The number of methoxy groups -OCH3 is 1. The molecule has 0 fully saturated rings. The fourth-order valence-electron chi connectivity index (χ4n) is 2.76. The Labute approximate surface area is 161 Å². The van der Waals surface area contributed by atoms with E-state index >= 15 is 0 Å².